The molecular formula is C9H5BrN2S3. The van der Waals surface area contributed by atoms with Crippen LogP contribution < -0.4 is 0 Å². The van der Waals surface area contributed by atoms with Crippen molar-refractivity contribution in [3.8, 4) is 9.88 Å². The van der Waals surface area contributed by atoms with Gasteiger partial charge in [-0.3, -0.25) is 0 Å². The van der Waals surface area contributed by atoms with Crippen molar-refractivity contribution in [2.45, 2.75) is 6.92 Å². The van der Waals surface area contributed by atoms with E-state index in [0.29, 0.717) is 0 Å². The average Bonchev–Trinajstić information content (AvgIpc) is 2.77. The van der Waals surface area contributed by atoms with E-state index in [-0.39, 0.29) is 0 Å². The summed E-state index contributed by atoms with van der Waals surface area (Å²) < 4.78 is 1.15. The van der Waals surface area contributed by atoms with Gasteiger partial charge in [0.1, 0.15) is 5.01 Å². The van der Waals surface area contributed by atoms with Gasteiger partial charge in [0.05, 0.1) is 14.2 Å². The molecule has 0 spiro atoms. The third-order valence-corrected chi connectivity index (χ3v) is 5.70. The molecule has 0 fully saturated rings. The van der Waals surface area contributed by atoms with Crippen LogP contribution in [0.25, 0.3) is 19.5 Å². The maximum absolute atomic E-state index is 4.58. The van der Waals surface area contributed by atoms with E-state index in [0.717, 1.165) is 18.5 Å². The number of nitrogens with zero attached hydrogens (tertiary/aromatic N) is 2. The summed E-state index contributed by atoms with van der Waals surface area (Å²) in [6, 6.07) is 2.13. The molecule has 0 amide bonds. The highest BCUT2D eigenvalue weighted by atomic mass is 79.9. The SMILES string of the molecule is Cc1cc(Br)sc1-c1nc2scnc2s1. The smallest absolute Gasteiger partial charge is 0.155 e. The number of halogens is 1. The van der Waals surface area contributed by atoms with Crippen LogP contribution in [0.5, 0.6) is 0 Å². The van der Waals surface area contributed by atoms with Gasteiger partial charge in [0, 0.05) is 0 Å². The number of aryl methyl sites for hydroxylation is 1. The Morgan fingerprint density at radius 2 is 2.13 bits per heavy atom. The molecule has 3 rings (SSSR count). The van der Waals surface area contributed by atoms with Crippen molar-refractivity contribution in [3.63, 3.8) is 0 Å². The Kier molecular flexibility index (Phi) is 2.39. The number of hydrogen-bond acceptors (Lipinski definition) is 5. The lowest BCUT2D eigenvalue weighted by molar-refractivity contribution is 1.48. The zero-order valence-corrected chi connectivity index (χ0v) is 11.7. The van der Waals surface area contributed by atoms with Gasteiger partial charge in [-0.15, -0.1) is 22.7 Å². The van der Waals surface area contributed by atoms with E-state index in [4.69, 9.17) is 0 Å². The first-order valence-electron chi connectivity index (χ1n) is 4.20. The second-order valence-corrected chi connectivity index (χ2v) is 7.29. The van der Waals surface area contributed by atoms with Crippen molar-refractivity contribution in [2.75, 3.05) is 0 Å². The molecule has 0 aliphatic rings. The van der Waals surface area contributed by atoms with Crippen molar-refractivity contribution in [1.82, 2.24) is 9.97 Å². The lowest BCUT2D eigenvalue weighted by atomic mass is 10.3. The van der Waals surface area contributed by atoms with Crippen LogP contribution in [0.4, 0.5) is 0 Å². The zero-order chi connectivity index (χ0) is 10.4. The second kappa shape index (κ2) is 3.62. The van der Waals surface area contributed by atoms with E-state index >= 15 is 0 Å². The number of aromatic nitrogens is 2. The van der Waals surface area contributed by atoms with Crippen molar-refractivity contribution < 1.29 is 0 Å². The minimum Gasteiger partial charge on any atom is -0.232 e. The number of thiazole rings is 2. The second-order valence-electron chi connectivity index (χ2n) is 3.04. The average molecular weight is 317 g/mol. The number of hydrogen-bond donors (Lipinski definition) is 0. The maximum Gasteiger partial charge on any atom is 0.155 e. The molecule has 15 heavy (non-hydrogen) atoms. The molecule has 3 aromatic rings. The van der Waals surface area contributed by atoms with E-state index in [1.165, 1.54) is 10.4 Å². The maximum atomic E-state index is 4.58. The molecule has 2 nitrogen and oxygen atoms in total. The predicted octanol–water partition coefficient (Wildman–Crippen LogP) is 4.55. The topological polar surface area (TPSA) is 25.8 Å². The monoisotopic (exact) mass is 316 g/mol. The van der Waals surface area contributed by atoms with Gasteiger partial charge in [-0.25, -0.2) is 9.97 Å². The first kappa shape index (κ1) is 9.89. The highest BCUT2D eigenvalue weighted by Gasteiger charge is 2.12. The molecule has 76 valence electrons. The summed E-state index contributed by atoms with van der Waals surface area (Å²) in [4.78, 5) is 12.2. The zero-order valence-electron chi connectivity index (χ0n) is 7.65. The Morgan fingerprint density at radius 1 is 1.27 bits per heavy atom. The molecular weight excluding hydrogens is 312 g/mol. The number of rotatable bonds is 1. The molecule has 0 aliphatic carbocycles. The molecule has 0 radical (unpaired) electrons. The number of thiophene rings is 1. The van der Waals surface area contributed by atoms with E-state index in [1.807, 2.05) is 5.51 Å². The minimum atomic E-state index is 1.04. The highest BCUT2D eigenvalue weighted by molar-refractivity contribution is 9.11. The van der Waals surface area contributed by atoms with Gasteiger partial charge in [-0.2, -0.15) is 0 Å². The summed E-state index contributed by atoms with van der Waals surface area (Å²) in [5, 5.41) is 1.08. The Labute approximate surface area is 107 Å². The Balaban J connectivity index is 2.21. The van der Waals surface area contributed by atoms with E-state index in [9.17, 15) is 0 Å². The third-order valence-electron chi connectivity index (χ3n) is 2.00. The molecule has 0 unspecified atom stereocenters. The molecule has 0 saturated carbocycles. The van der Waals surface area contributed by atoms with Gasteiger partial charge in [0.15, 0.2) is 9.66 Å². The van der Waals surface area contributed by atoms with E-state index in [1.54, 1.807) is 34.0 Å². The molecule has 0 bridgehead atoms. The lowest BCUT2D eigenvalue weighted by Crippen LogP contribution is -1.71. The third kappa shape index (κ3) is 1.65. The van der Waals surface area contributed by atoms with Gasteiger partial charge in [-0.1, -0.05) is 11.3 Å². The van der Waals surface area contributed by atoms with Crippen molar-refractivity contribution in [1.29, 1.82) is 0 Å². The normalized spacial score (nSPS) is 11.3. The Bertz CT molecular complexity index is 594. The van der Waals surface area contributed by atoms with Crippen LogP contribution in [0.15, 0.2) is 15.4 Å². The fraction of sp³-hybridized carbons (Fsp3) is 0.111. The molecule has 0 N–H and O–H groups in total. The van der Waals surface area contributed by atoms with E-state index in [2.05, 4.69) is 38.9 Å². The van der Waals surface area contributed by atoms with Crippen molar-refractivity contribution >= 4 is 59.6 Å². The molecule has 0 aromatic carbocycles. The van der Waals surface area contributed by atoms with Gasteiger partial charge >= 0.3 is 0 Å². The summed E-state index contributed by atoms with van der Waals surface area (Å²) in [5.74, 6) is 0. The van der Waals surface area contributed by atoms with E-state index < -0.39 is 0 Å². The summed E-state index contributed by atoms with van der Waals surface area (Å²) in [5.41, 5.74) is 3.11. The number of fused-ring (bicyclic) bond motifs is 1. The fourth-order valence-electron chi connectivity index (χ4n) is 1.33. The summed E-state index contributed by atoms with van der Waals surface area (Å²) in [7, 11) is 0. The van der Waals surface area contributed by atoms with Gasteiger partial charge in [0.2, 0.25) is 0 Å². The van der Waals surface area contributed by atoms with Gasteiger partial charge < -0.3 is 0 Å². The van der Waals surface area contributed by atoms with Crippen LogP contribution in [0.3, 0.4) is 0 Å². The van der Waals surface area contributed by atoms with Crippen molar-refractivity contribution in [3.05, 3.63) is 20.9 Å². The fourth-order valence-corrected chi connectivity index (χ4v) is 4.96. The van der Waals surface area contributed by atoms with Crippen LogP contribution in [-0.2, 0) is 0 Å². The Hall–Kier alpha value is -0.300. The first-order chi connectivity index (χ1) is 7.24. The molecule has 0 atom stereocenters. The van der Waals surface area contributed by atoms with Crippen LogP contribution in [-0.4, -0.2) is 9.97 Å². The molecule has 6 heteroatoms. The predicted molar refractivity (Wildman–Crippen MR) is 71.0 cm³/mol. The molecule has 3 aromatic heterocycles. The van der Waals surface area contributed by atoms with Crippen LogP contribution >= 0.6 is 49.9 Å². The molecule has 3 heterocycles. The Morgan fingerprint density at radius 3 is 2.80 bits per heavy atom. The van der Waals surface area contributed by atoms with Crippen LogP contribution in [0, 0.1) is 6.92 Å². The lowest BCUT2D eigenvalue weighted by Gasteiger charge is -1.90. The molecule has 0 saturated heterocycles. The highest BCUT2D eigenvalue weighted by Crippen LogP contribution is 2.39. The summed E-state index contributed by atoms with van der Waals surface area (Å²) >= 11 is 8.48. The van der Waals surface area contributed by atoms with Crippen molar-refractivity contribution in [2.24, 2.45) is 0 Å². The minimum absolute atomic E-state index is 1.04. The van der Waals surface area contributed by atoms with Crippen LogP contribution in [0.2, 0.25) is 0 Å². The standard InChI is InChI=1S/C9H5BrN2S3/c1-4-2-5(10)14-6(4)7-12-9-8(15-7)11-3-13-9/h2-3H,1H3. The molecule has 0 aliphatic heterocycles. The quantitative estimate of drug-likeness (QED) is 0.658. The summed E-state index contributed by atoms with van der Waals surface area (Å²) in [6.45, 7) is 2.11. The van der Waals surface area contributed by atoms with Crippen LogP contribution in [0.1, 0.15) is 5.56 Å². The van der Waals surface area contributed by atoms with Gasteiger partial charge in [-0.05, 0) is 34.5 Å². The van der Waals surface area contributed by atoms with Gasteiger partial charge in [0.25, 0.3) is 0 Å². The largest absolute Gasteiger partial charge is 0.232 e. The first-order valence-corrected chi connectivity index (χ1v) is 7.51. The summed E-state index contributed by atoms with van der Waals surface area (Å²) in [6.07, 6.45) is 0.